The number of hydrogen-bond acceptors (Lipinski definition) is 7. The highest BCUT2D eigenvalue weighted by molar-refractivity contribution is 5.46. The van der Waals surface area contributed by atoms with Crippen molar-refractivity contribution < 1.29 is 5.11 Å². The van der Waals surface area contributed by atoms with Crippen LogP contribution in [0.15, 0.2) is 0 Å². The fourth-order valence-corrected chi connectivity index (χ4v) is 2.45. The lowest BCUT2D eigenvalue weighted by atomic mass is 10.0. The summed E-state index contributed by atoms with van der Waals surface area (Å²) in [6.07, 6.45) is 1.05. The SMILES string of the molecule is CCNc1nc(N(C)C)nc(N2CCC(C)C2CO)n1. The molecule has 20 heavy (non-hydrogen) atoms. The molecule has 1 fully saturated rings. The molecule has 1 aromatic heterocycles. The summed E-state index contributed by atoms with van der Waals surface area (Å²) < 4.78 is 0. The molecule has 112 valence electrons. The van der Waals surface area contributed by atoms with Crippen LogP contribution in [0.5, 0.6) is 0 Å². The molecule has 7 nitrogen and oxygen atoms in total. The molecule has 0 amide bonds. The molecule has 2 unspecified atom stereocenters. The third-order valence-corrected chi connectivity index (χ3v) is 3.67. The number of nitrogens with one attached hydrogen (secondary N) is 1. The Hall–Kier alpha value is -1.63. The van der Waals surface area contributed by atoms with Crippen LogP contribution < -0.4 is 15.1 Å². The minimum Gasteiger partial charge on any atom is -0.394 e. The lowest BCUT2D eigenvalue weighted by Gasteiger charge is -2.26. The van der Waals surface area contributed by atoms with Gasteiger partial charge in [-0.1, -0.05) is 6.92 Å². The fourth-order valence-electron chi connectivity index (χ4n) is 2.45. The second-order valence-corrected chi connectivity index (χ2v) is 5.39. The maximum absolute atomic E-state index is 9.58. The van der Waals surface area contributed by atoms with Crippen LogP contribution in [0.2, 0.25) is 0 Å². The van der Waals surface area contributed by atoms with Crippen LogP contribution in [-0.4, -0.2) is 59.9 Å². The molecule has 2 atom stereocenters. The summed E-state index contributed by atoms with van der Waals surface area (Å²) >= 11 is 0. The van der Waals surface area contributed by atoms with Gasteiger partial charge in [0, 0.05) is 27.2 Å². The molecule has 0 saturated carbocycles. The molecule has 1 saturated heterocycles. The molecule has 0 aromatic carbocycles. The molecule has 2 rings (SSSR count). The number of anilines is 3. The van der Waals surface area contributed by atoms with Crippen LogP contribution in [0.25, 0.3) is 0 Å². The maximum atomic E-state index is 9.58. The Balaban J connectivity index is 2.34. The van der Waals surface area contributed by atoms with Crippen LogP contribution in [0.3, 0.4) is 0 Å². The highest BCUT2D eigenvalue weighted by Crippen LogP contribution is 2.28. The molecule has 0 aliphatic carbocycles. The van der Waals surface area contributed by atoms with E-state index in [1.807, 2.05) is 25.9 Å². The van der Waals surface area contributed by atoms with Crippen molar-refractivity contribution in [3.05, 3.63) is 0 Å². The standard InChI is InChI=1S/C13H24N6O/c1-5-14-11-15-12(18(3)4)17-13(16-11)19-7-6-9(2)10(19)8-20/h9-10,20H,5-8H2,1-4H3,(H,14,15,16,17). The average molecular weight is 280 g/mol. The average Bonchev–Trinajstić information content (AvgIpc) is 2.79. The van der Waals surface area contributed by atoms with E-state index in [1.54, 1.807) is 0 Å². The van der Waals surface area contributed by atoms with E-state index in [2.05, 4.69) is 32.1 Å². The first-order chi connectivity index (χ1) is 9.56. The Labute approximate surface area is 120 Å². The summed E-state index contributed by atoms with van der Waals surface area (Å²) in [5, 5.41) is 12.7. The topological polar surface area (TPSA) is 77.4 Å². The summed E-state index contributed by atoms with van der Waals surface area (Å²) in [6.45, 7) is 5.92. The monoisotopic (exact) mass is 280 g/mol. The van der Waals surface area contributed by atoms with Gasteiger partial charge >= 0.3 is 0 Å². The largest absolute Gasteiger partial charge is 0.394 e. The Morgan fingerprint density at radius 3 is 2.70 bits per heavy atom. The van der Waals surface area contributed by atoms with Crippen molar-refractivity contribution in [2.75, 3.05) is 48.9 Å². The van der Waals surface area contributed by atoms with Gasteiger partial charge < -0.3 is 20.2 Å². The van der Waals surface area contributed by atoms with Gasteiger partial charge in [-0.05, 0) is 19.3 Å². The van der Waals surface area contributed by atoms with Gasteiger partial charge in [0.05, 0.1) is 12.6 Å². The minimum atomic E-state index is 0.0851. The number of nitrogens with zero attached hydrogens (tertiary/aromatic N) is 5. The summed E-state index contributed by atoms with van der Waals surface area (Å²) in [7, 11) is 3.82. The predicted octanol–water partition coefficient (Wildman–Crippen LogP) is 0.576. The van der Waals surface area contributed by atoms with E-state index in [-0.39, 0.29) is 12.6 Å². The van der Waals surface area contributed by atoms with Gasteiger partial charge in [-0.15, -0.1) is 0 Å². The second kappa shape index (κ2) is 6.21. The molecular formula is C13H24N6O. The second-order valence-electron chi connectivity index (χ2n) is 5.39. The summed E-state index contributed by atoms with van der Waals surface area (Å²) in [5.41, 5.74) is 0. The van der Waals surface area contributed by atoms with Gasteiger partial charge in [-0.3, -0.25) is 0 Å². The Morgan fingerprint density at radius 1 is 1.35 bits per heavy atom. The van der Waals surface area contributed by atoms with Gasteiger partial charge in [-0.25, -0.2) is 0 Å². The van der Waals surface area contributed by atoms with Crippen molar-refractivity contribution in [3.63, 3.8) is 0 Å². The summed E-state index contributed by atoms with van der Waals surface area (Å²) in [4.78, 5) is 17.3. The van der Waals surface area contributed by atoms with Crippen molar-refractivity contribution in [2.24, 2.45) is 5.92 Å². The molecule has 2 heterocycles. The molecule has 0 bridgehead atoms. The molecule has 1 aliphatic rings. The first-order valence-corrected chi connectivity index (χ1v) is 7.11. The number of aliphatic hydroxyl groups excluding tert-OH is 1. The van der Waals surface area contributed by atoms with Crippen molar-refractivity contribution in [2.45, 2.75) is 26.3 Å². The van der Waals surface area contributed by atoms with Crippen LogP contribution in [0.1, 0.15) is 20.3 Å². The lowest BCUT2D eigenvalue weighted by molar-refractivity contribution is 0.244. The van der Waals surface area contributed by atoms with Crippen molar-refractivity contribution in [3.8, 4) is 0 Å². The Kier molecular flexibility index (Phi) is 4.59. The van der Waals surface area contributed by atoms with Gasteiger partial charge in [0.1, 0.15) is 0 Å². The van der Waals surface area contributed by atoms with E-state index in [1.165, 1.54) is 0 Å². The zero-order valence-electron chi connectivity index (χ0n) is 12.7. The van der Waals surface area contributed by atoms with E-state index in [0.717, 1.165) is 19.5 Å². The fraction of sp³-hybridized carbons (Fsp3) is 0.769. The van der Waals surface area contributed by atoms with Gasteiger partial charge in [0.15, 0.2) is 0 Å². The Morgan fingerprint density at radius 2 is 2.10 bits per heavy atom. The van der Waals surface area contributed by atoms with Gasteiger partial charge in [-0.2, -0.15) is 15.0 Å². The summed E-state index contributed by atoms with van der Waals surface area (Å²) in [5.74, 6) is 2.30. The first-order valence-electron chi connectivity index (χ1n) is 7.11. The van der Waals surface area contributed by atoms with E-state index in [0.29, 0.717) is 23.8 Å². The van der Waals surface area contributed by atoms with E-state index >= 15 is 0 Å². The summed E-state index contributed by atoms with van der Waals surface area (Å²) in [6, 6.07) is 0.0851. The number of aliphatic hydroxyl groups is 1. The Bertz CT molecular complexity index is 452. The van der Waals surface area contributed by atoms with Crippen LogP contribution in [0, 0.1) is 5.92 Å². The number of aromatic nitrogens is 3. The maximum Gasteiger partial charge on any atom is 0.232 e. The van der Waals surface area contributed by atoms with Crippen LogP contribution >= 0.6 is 0 Å². The zero-order chi connectivity index (χ0) is 14.7. The highest BCUT2D eigenvalue weighted by atomic mass is 16.3. The molecule has 1 aliphatic heterocycles. The molecule has 0 spiro atoms. The minimum absolute atomic E-state index is 0.0851. The van der Waals surface area contributed by atoms with Gasteiger partial charge in [0.2, 0.25) is 17.8 Å². The smallest absolute Gasteiger partial charge is 0.232 e. The molecule has 0 radical (unpaired) electrons. The quantitative estimate of drug-likeness (QED) is 0.816. The third kappa shape index (κ3) is 2.92. The van der Waals surface area contributed by atoms with Crippen LogP contribution in [0.4, 0.5) is 17.8 Å². The molecule has 7 heteroatoms. The lowest BCUT2D eigenvalue weighted by Crippen LogP contribution is -2.36. The van der Waals surface area contributed by atoms with E-state index in [4.69, 9.17) is 0 Å². The van der Waals surface area contributed by atoms with E-state index < -0.39 is 0 Å². The van der Waals surface area contributed by atoms with Crippen molar-refractivity contribution in [1.29, 1.82) is 0 Å². The molecule has 2 N–H and O–H groups in total. The highest BCUT2D eigenvalue weighted by Gasteiger charge is 2.32. The number of hydrogen-bond donors (Lipinski definition) is 2. The first kappa shape index (κ1) is 14.8. The molecular weight excluding hydrogens is 256 g/mol. The van der Waals surface area contributed by atoms with Crippen molar-refractivity contribution in [1.82, 2.24) is 15.0 Å². The molecule has 1 aromatic rings. The normalized spacial score (nSPS) is 22.1. The number of rotatable bonds is 5. The van der Waals surface area contributed by atoms with Gasteiger partial charge in [0.25, 0.3) is 0 Å². The third-order valence-electron chi connectivity index (χ3n) is 3.67. The van der Waals surface area contributed by atoms with E-state index in [9.17, 15) is 5.11 Å². The van der Waals surface area contributed by atoms with Crippen molar-refractivity contribution >= 4 is 17.8 Å². The van der Waals surface area contributed by atoms with Crippen LogP contribution in [-0.2, 0) is 0 Å². The zero-order valence-corrected chi connectivity index (χ0v) is 12.7. The predicted molar refractivity (Wildman–Crippen MR) is 80.3 cm³/mol.